The SMILES string of the molecule is COc1ccc(OC)c(-c2cn(/N=C3\CC(C(=N)N)c4ccccc43)c(N)n2)c1.Cl.Cl. The summed E-state index contributed by atoms with van der Waals surface area (Å²) in [7, 11) is 3.21. The van der Waals surface area contributed by atoms with Gasteiger partial charge in [0.05, 0.1) is 37.7 Å². The van der Waals surface area contributed by atoms with Gasteiger partial charge in [-0.15, -0.1) is 24.8 Å². The van der Waals surface area contributed by atoms with E-state index in [2.05, 4.69) is 4.98 Å². The van der Waals surface area contributed by atoms with Crippen molar-refractivity contribution in [2.75, 3.05) is 20.0 Å². The number of anilines is 1. The van der Waals surface area contributed by atoms with Crippen molar-refractivity contribution in [1.29, 1.82) is 5.41 Å². The second kappa shape index (κ2) is 9.72. The van der Waals surface area contributed by atoms with Crippen LogP contribution in [0.2, 0.25) is 0 Å². The first-order chi connectivity index (χ1) is 14.0. The van der Waals surface area contributed by atoms with Crippen LogP contribution >= 0.6 is 24.8 Å². The van der Waals surface area contributed by atoms with Crippen molar-refractivity contribution >= 4 is 42.3 Å². The number of benzene rings is 2. The number of nitrogen functional groups attached to an aromatic ring is 1. The Balaban J connectivity index is 0.00000171. The Labute approximate surface area is 192 Å². The first-order valence-corrected chi connectivity index (χ1v) is 9.10. The number of halogens is 2. The van der Waals surface area contributed by atoms with Gasteiger partial charge in [-0.25, -0.2) is 9.66 Å². The van der Waals surface area contributed by atoms with Crippen molar-refractivity contribution in [2.24, 2.45) is 10.8 Å². The second-order valence-corrected chi connectivity index (χ2v) is 6.74. The largest absolute Gasteiger partial charge is 0.497 e. The van der Waals surface area contributed by atoms with Gasteiger partial charge in [0, 0.05) is 23.5 Å². The standard InChI is InChI=1S/C21H22N6O2.2ClH/c1-28-12-7-8-19(29-2)16(9-12)18-11-27(21(24)25-18)26-17-10-15(20(22)23)13-5-3-4-6-14(13)17;;/h3-9,11,15H,10H2,1-2H3,(H3,22,23)(H2,24,25);2*1H/b26-17+;;. The third-order valence-electron chi connectivity index (χ3n) is 5.05. The van der Waals surface area contributed by atoms with Crippen LogP contribution in [0.1, 0.15) is 23.5 Å². The average molecular weight is 463 g/mol. The summed E-state index contributed by atoms with van der Waals surface area (Å²) in [5.74, 6) is 1.55. The molecular weight excluding hydrogens is 439 g/mol. The van der Waals surface area contributed by atoms with Crippen LogP contribution in [0, 0.1) is 5.41 Å². The number of amidine groups is 1. The fourth-order valence-electron chi connectivity index (χ4n) is 3.59. The van der Waals surface area contributed by atoms with E-state index in [1.54, 1.807) is 25.1 Å². The lowest BCUT2D eigenvalue weighted by molar-refractivity contribution is 0.404. The summed E-state index contributed by atoms with van der Waals surface area (Å²) in [5.41, 5.74) is 16.1. The van der Waals surface area contributed by atoms with Crippen molar-refractivity contribution < 1.29 is 9.47 Å². The first-order valence-electron chi connectivity index (χ1n) is 9.10. The molecule has 0 saturated carbocycles. The minimum Gasteiger partial charge on any atom is -0.497 e. The smallest absolute Gasteiger partial charge is 0.221 e. The molecule has 10 heteroatoms. The first kappa shape index (κ1) is 24.0. The van der Waals surface area contributed by atoms with Gasteiger partial charge in [0.25, 0.3) is 0 Å². The molecule has 31 heavy (non-hydrogen) atoms. The molecule has 1 aliphatic carbocycles. The van der Waals surface area contributed by atoms with E-state index in [-0.39, 0.29) is 42.5 Å². The van der Waals surface area contributed by atoms with Gasteiger partial charge >= 0.3 is 0 Å². The molecule has 1 aromatic heterocycles. The summed E-state index contributed by atoms with van der Waals surface area (Å²) in [6.45, 7) is 0. The number of rotatable bonds is 5. The quantitative estimate of drug-likeness (QED) is 0.393. The molecule has 1 aliphatic rings. The molecule has 0 fully saturated rings. The van der Waals surface area contributed by atoms with E-state index < -0.39 is 0 Å². The van der Waals surface area contributed by atoms with Crippen molar-refractivity contribution in [1.82, 2.24) is 9.66 Å². The molecule has 8 nitrogen and oxygen atoms in total. The van der Waals surface area contributed by atoms with Gasteiger partial charge < -0.3 is 20.9 Å². The highest BCUT2D eigenvalue weighted by atomic mass is 35.5. The molecular formula is C21H24Cl2N6O2. The monoisotopic (exact) mass is 462 g/mol. The maximum Gasteiger partial charge on any atom is 0.221 e. The topological polar surface area (TPSA) is 125 Å². The maximum absolute atomic E-state index is 7.89. The summed E-state index contributed by atoms with van der Waals surface area (Å²) in [4.78, 5) is 4.45. The van der Waals surface area contributed by atoms with E-state index in [0.29, 0.717) is 23.6 Å². The van der Waals surface area contributed by atoms with Gasteiger partial charge in [0.1, 0.15) is 11.5 Å². The lowest BCUT2D eigenvalue weighted by Crippen LogP contribution is -2.18. The number of nitrogens with zero attached hydrogens (tertiary/aromatic N) is 3. The number of imidazole rings is 1. The lowest BCUT2D eigenvalue weighted by Gasteiger charge is -2.08. The predicted octanol–water partition coefficient (Wildman–Crippen LogP) is 3.67. The number of nitrogens with one attached hydrogen (secondary N) is 1. The molecule has 1 unspecified atom stereocenters. The molecule has 0 radical (unpaired) electrons. The molecule has 1 atom stereocenters. The Kier molecular flexibility index (Phi) is 7.54. The fourth-order valence-corrected chi connectivity index (χ4v) is 3.59. The van der Waals surface area contributed by atoms with Crippen LogP contribution in [0.5, 0.6) is 11.5 Å². The molecule has 5 N–H and O–H groups in total. The van der Waals surface area contributed by atoms with Crippen molar-refractivity contribution in [2.45, 2.75) is 12.3 Å². The number of methoxy groups -OCH3 is 2. The molecule has 3 aromatic rings. The predicted molar refractivity (Wildman–Crippen MR) is 127 cm³/mol. The Morgan fingerprint density at radius 1 is 1.13 bits per heavy atom. The Hall–Kier alpha value is -3.23. The number of ether oxygens (including phenoxy) is 2. The zero-order valence-electron chi connectivity index (χ0n) is 17.0. The molecule has 164 valence electrons. The van der Waals surface area contributed by atoms with Crippen molar-refractivity contribution in [3.8, 4) is 22.8 Å². The summed E-state index contributed by atoms with van der Waals surface area (Å²) in [6, 6.07) is 13.3. The van der Waals surface area contributed by atoms with E-state index >= 15 is 0 Å². The summed E-state index contributed by atoms with van der Waals surface area (Å²) < 4.78 is 12.3. The van der Waals surface area contributed by atoms with Crippen LogP contribution in [0.3, 0.4) is 0 Å². The van der Waals surface area contributed by atoms with Gasteiger partial charge in [-0.2, -0.15) is 5.10 Å². The van der Waals surface area contributed by atoms with Crippen LogP contribution in [-0.2, 0) is 0 Å². The van der Waals surface area contributed by atoms with Crippen molar-refractivity contribution in [3.63, 3.8) is 0 Å². The highest BCUT2D eigenvalue weighted by Gasteiger charge is 2.30. The Bertz CT molecular complexity index is 1130. The highest BCUT2D eigenvalue weighted by Crippen LogP contribution is 2.35. The molecule has 0 saturated heterocycles. The minimum absolute atomic E-state index is 0. The van der Waals surface area contributed by atoms with Gasteiger partial charge in [-0.3, -0.25) is 5.41 Å². The summed E-state index contributed by atoms with van der Waals surface area (Å²) in [6.07, 6.45) is 2.30. The van der Waals surface area contributed by atoms with Gasteiger partial charge in [-0.1, -0.05) is 24.3 Å². The number of hydrogen-bond acceptors (Lipinski definition) is 6. The normalized spacial score (nSPS) is 15.5. The van der Waals surface area contributed by atoms with Gasteiger partial charge in [0.15, 0.2) is 0 Å². The third kappa shape index (κ3) is 4.45. The van der Waals surface area contributed by atoms with E-state index in [1.165, 1.54) is 0 Å². The lowest BCUT2D eigenvalue weighted by atomic mass is 10.0. The zero-order valence-corrected chi connectivity index (χ0v) is 18.7. The number of nitrogens with two attached hydrogens (primary N) is 2. The van der Waals surface area contributed by atoms with Gasteiger partial charge in [0.2, 0.25) is 5.95 Å². The summed E-state index contributed by atoms with van der Waals surface area (Å²) in [5, 5.41) is 12.6. The zero-order chi connectivity index (χ0) is 20.5. The Morgan fingerprint density at radius 2 is 1.87 bits per heavy atom. The molecule has 0 spiro atoms. The molecule has 0 bridgehead atoms. The third-order valence-corrected chi connectivity index (χ3v) is 5.05. The average Bonchev–Trinajstić information content (AvgIpc) is 3.29. The number of aromatic nitrogens is 2. The number of hydrogen-bond donors (Lipinski definition) is 3. The molecule has 4 rings (SSSR count). The van der Waals surface area contributed by atoms with E-state index in [9.17, 15) is 0 Å². The van der Waals surface area contributed by atoms with Crippen LogP contribution in [0.15, 0.2) is 53.8 Å². The minimum atomic E-state index is -0.173. The van der Waals surface area contributed by atoms with Crippen LogP contribution < -0.4 is 20.9 Å². The molecule has 1 heterocycles. The van der Waals surface area contributed by atoms with E-state index in [4.69, 9.17) is 31.5 Å². The Morgan fingerprint density at radius 3 is 2.55 bits per heavy atom. The second-order valence-electron chi connectivity index (χ2n) is 6.74. The number of fused-ring (bicyclic) bond motifs is 1. The highest BCUT2D eigenvalue weighted by molar-refractivity contribution is 6.10. The van der Waals surface area contributed by atoms with Crippen LogP contribution in [0.25, 0.3) is 11.3 Å². The maximum atomic E-state index is 7.89. The van der Waals surface area contributed by atoms with Crippen molar-refractivity contribution in [3.05, 3.63) is 59.8 Å². The molecule has 0 amide bonds. The fraction of sp³-hybridized carbons (Fsp3) is 0.190. The van der Waals surface area contributed by atoms with Crippen LogP contribution in [0.4, 0.5) is 5.95 Å². The molecule has 0 aliphatic heterocycles. The van der Waals surface area contributed by atoms with Crippen LogP contribution in [-0.4, -0.2) is 35.4 Å². The summed E-state index contributed by atoms with van der Waals surface area (Å²) >= 11 is 0. The van der Waals surface area contributed by atoms with E-state index in [0.717, 1.165) is 22.4 Å². The van der Waals surface area contributed by atoms with E-state index in [1.807, 2.05) is 42.5 Å². The molecule has 2 aromatic carbocycles. The van der Waals surface area contributed by atoms with Gasteiger partial charge in [-0.05, 0) is 23.8 Å².